The third kappa shape index (κ3) is 14.7. The van der Waals surface area contributed by atoms with Crippen LogP contribution in [0.3, 0.4) is 0 Å². The Morgan fingerprint density at radius 1 is 1.04 bits per heavy atom. The summed E-state index contributed by atoms with van der Waals surface area (Å²) >= 11 is 0.235. The Labute approximate surface area is 159 Å². The van der Waals surface area contributed by atoms with Crippen LogP contribution in [-0.4, -0.2) is 37.9 Å². The number of allylic oxidation sites excluding steroid dienone is 6. The zero-order chi connectivity index (χ0) is 19.2. The molecule has 0 amide bonds. The Balaban J connectivity index is 4.11. The number of hydrogen-bond acceptors (Lipinski definition) is 2. The molecule has 5 heteroatoms. The normalized spacial score (nSPS) is 14.4. The van der Waals surface area contributed by atoms with E-state index in [0.29, 0.717) is 11.2 Å². The van der Waals surface area contributed by atoms with Gasteiger partial charge in [0.1, 0.15) is 0 Å². The van der Waals surface area contributed by atoms with Gasteiger partial charge in [0.2, 0.25) is 0 Å². The molecule has 0 rings (SSSR count). The van der Waals surface area contributed by atoms with E-state index >= 15 is 0 Å². The van der Waals surface area contributed by atoms with Crippen molar-refractivity contribution in [1.82, 2.24) is 0 Å². The van der Waals surface area contributed by atoms with Gasteiger partial charge >= 0.3 is 159 Å². The number of nitrogens with zero attached hydrogens (tertiary/aromatic N) is 1. The van der Waals surface area contributed by atoms with E-state index in [1.54, 1.807) is 6.92 Å². The maximum atomic E-state index is 11.1. The van der Waals surface area contributed by atoms with E-state index in [4.69, 9.17) is 10.8 Å². The summed E-state index contributed by atoms with van der Waals surface area (Å²) in [5, 5.41) is 10.6. The van der Waals surface area contributed by atoms with Crippen LogP contribution in [-0.2, 0) is 4.79 Å². The third-order valence-corrected chi connectivity index (χ3v) is 5.59. The van der Waals surface area contributed by atoms with E-state index in [-0.39, 0.29) is 15.0 Å². The molecule has 0 saturated heterocycles. The molecule has 0 aliphatic carbocycles. The summed E-state index contributed by atoms with van der Waals surface area (Å²) in [6, 6.07) is -0.690. The van der Waals surface area contributed by atoms with Gasteiger partial charge in [0.25, 0.3) is 0 Å². The van der Waals surface area contributed by atoms with E-state index in [9.17, 15) is 4.79 Å². The number of aliphatic carboxylic acids is 1. The summed E-state index contributed by atoms with van der Waals surface area (Å²) in [5.41, 5.74) is 9.69. The summed E-state index contributed by atoms with van der Waals surface area (Å²) < 4.78 is 0. The number of nitrogens with two attached hydrogens (primary N) is 1. The first-order valence-electron chi connectivity index (χ1n) is 8.77. The van der Waals surface area contributed by atoms with Crippen molar-refractivity contribution < 1.29 is 9.90 Å². The fourth-order valence-corrected chi connectivity index (χ4v) is 4.18. The van der Waals surface area contributed by atoms with Crippen molar-refractivity contribution >= 4 is 26.8 Å². The van der Waals surface area contributed by atoms with Gasteiger partial charge in [-0.1, -0.05) is 0 Å². The van der Waals surface area contributed by atoms with Gasteiger partial charge in [-0.25, -0.2) is 0 Å². The topological polar surface area (TPSA) is 75.7 Å². The summed E-state index contributed by atoms with van der Waals surface area (Å²) in [6.45, 7) is 10.3. The number of amidine groups is 1. The number of carbonyl (C=O) groups is 1. The average molecular weight is 413 g/mol. The number of hydrogen-bond donors (Lipinski definition) is 2. The van der Waals surface area contributed by atoms with Crippen molar-refractivity contribution in [3.8, 4) is 0 Å². The van der Waals surface area contributed by atoms with Gasteiger partial charge in [-0.05, 0) is 0 Å². The second kappa shape index (κ2) is 13.9. The summed E-state index contributed by atoms with van der Waals surface area (Å²) in [6.07, 6.45) is 11.3. The molecule has 1 atom stereocenters. The van der Waals surface area contributed by atoms with E-state index in [0.717, 1.165) is 31.0 Å². The molecule has 0 aliphatic rings. The monoisotopic (exact) mass is 414 g/mol. The van der Waals surface area contributed by atoms with Crippen LogP contribution in [0, 0.1) is 0 Å². The van der Waals surface area contributed by atoms with Crippen LogP contribution in [0.25, 0.3) is 0 Å². The van der Waals surface area contributed by atoms with Crippen LogP contribution >= 0.6 is 0 Å². The second-order valence-corrected chi connectivity index (χ2v) is 8.88. The SMILES string of the molecule is CC(C)=CCC/C(C)=C/CC/C(C)=C/C[Se]CC(N=C(C)N)C(=O)O. The van der Waals surface area contributed by atoms with Gasteiger partial charge in [-0.2, -0.15) is 0 Å². The third-order valence-electron chi connectivity index (χ3n) is 3.59. The standard InChI is InChI=1S/C20H34N2O2Se/c1-15(2)8-6-9-16(3)10-7-11-17(4)12-13-25-14-19(20(23)24)22-18(5)21/h8,10,12,19H,6-7,9,11,13-14H2,1-5H3,(H2,21,22)(H,23,24)/b16-10+,17-12+. The van der Waals surface area contributed by atoms with E-state index in [2.05, 4.69) is 50.9 Å². The van der Waals surface area contributed by atoms with Gasteiger partial charge in [-0.3, -0.25) is 0 Å². The van der Waals surface area contributed by atoms with Gasteiger partial charge in [-0.15, -0.1) is 0 Å². The molecule has 0 aliphatic heterocycles. The molecule has 0 aromatic carbocycles. The molecule has 0 bridgehead atoms. The number of carboxylic acid groups (broad SMARTS) is 1. The Morgan fingerprint density at radius 3 is 2.12 bits per heavy atom. The van der Waals surface area contributed by atoms with Gasteiger partial charge in [0, 0.05) is 0 Å². The van der Waals surface area contributed by atoms with Crippen LogP contribution in [0.2, 0.25) is 10.6 Å². The quantitative estimate of drug-likeness (QED) is 0.159. The average Bonchev–Trinajstić information content (AvgIpc) is 2.49. The molecule has 4 nitrogen and oxygen atoms in total. The summed E-state index contributed by atoms with van der Waals surface area (Å²) in [5.74, 6) is -0.553. The molecular weight excluding hydrogens is 379 g/mol. The summed E-state index contributed by atoms with van der Waals surface area (Å²) in [7, 11) is 0. The molecule has 0 aromatic rings. The minimum absolute atomic E-state index is 0.235. The van der Waals surface area contributed by atoms with Crippen LogP contribution < -0.4 is 5.73 Å². The second-order valence-electron chi connectivity index (χ2n) is 6.62. The molecule has 142 valence electrons. The van der Waals surface area contributed by atoms with Gasteiger partial charge < -0.3 is 0 Å². The van der Waals surface area contributed by atoms with Gasteiger partial charge in [0.05, 0.1) is 0 Å². The number of rotatable bonds is 12. The van der Waals surface area contributed by atoms with Crippen molar-refractivity contribution in [2.75, 3.05) is 0 Å². The Morgan fingerprint density at radius 2 is 1.60 bits per heavy atom. The summed E-state index contributed by atoms with van der Waals surface area (Å²) in [4.78, 5) is 15.1. The van der Waals surface area contributed by atoms with Crippen LogP contribution in [0.4, 0.5) is 0 Å². The van der Waals surface area contributed by atoms with Crippen molar-refractivity contribution in [2.45, 2.75) is 77.0 Å². The first-order chi connectivity index (χ1) is 11.7. The molecule has 1 unspecified atom stereocenters. The fraction of sp³-hybridized carbons (Fsp3) is 0.600. The Kier molecular flexibility index (Phi) is 13.2. The van der Waals surface area contributed by atoms with E-state index in [1.165, 1.54) is 16.7 Å². The van der Waals surface area contributed by atoms with Crippen LogP contribution in [0.15, 0.2) is 39.9 Å². The molecule has 3 N–H and O–H groups in total. The molecule has 0 radical (unpaired) electrons. The zero-order valence-electron chi connectivity index (χ0n) is 16.3. The molecule has 0 heterocycles. The van der Waals surface area contributed by atoms with Crippen molar-refractivity contribution in [3.05, 3.63) is 34.9 Å². The van der Waals surface area contributed by atoms with Crippen molar-refractivity contribution in [1.29, 1.82) is 0 Å². The number of carboxylic acids is 1. The fourth-order valence-electron chi connectivity index (χ4n) is 2.13. The zero-order valence-corrected chi connectivity index (χ0v) is 18.1. The Hall–Kier alpha value is -1.32. The Bertz CT molecular complexity index is 526. The maximum absolute atomic E-state index is 11.1. The molecular formula is C20H34N2O2Se. The molecule has 0 fully saturated rings. The van der Waals surface area contributed by atoms with Crippen molar-refractivity contribution in [2.24, 2.45) is 10.7 Å². The van der Waals surface area contributed by atoms with Crippen LogP contribution in [0.1, 0.15) is 60.3 Å². The predicted molar refractivity (Wildman–Crippen MR) is 110 cm³/mol. The number of aliphatic imine (C=N–C) groups is 1. The first-order valence-corrected chi connectivity index (χ1v) is 11.2. The van der Waals surface area contributed by atoms with Crippen molar-refractivity contribution in [3.63, 3.8) is 0 Å². The van der Waals surface area contributed by atoms with E-state index < -0.39 is 12.0 Å². The van der Waals surface area contributed by atoms with E-state index in [1.807, 2.05) is 0 Å². The van der Waals surface area contributed by atoms with Crippen LogP contribution in [0.5, 0.6) is 0 Å². The molecule has 0 spiro atoms. The predicted octanol–water partition coefficient (Wildman–Crippen LogP) is 4.78. The molecule has 25 heavy (non-hydrogen) atoms. The van der Waals surface area contributed by atoms with Gasteiger partial charge in [0.15, 0.2) is 0 Å². The first kappa shape index (κ1) is 23.7. The molecule has 0 saturated carbocycles. The molecule has 0 aromatic heterocycles. The minimum atomic E-state index is -0.888.